The Hall–Kier alpha value is -2.27. The molecule has 1 aromatic carbocycles. The second-order valence-electron chi connectivity index (χ2n) is 8.27. The number of likely N-dealkylation sites (N-methyl/N-ethyl adjacent to an activating group) is 1. The molecule has 5 nitrogen and oxygen atoms in total. The first-order chi connectivity index (χ1) is 14.3. The lowest BCUT2D eigenvalue weighted by molar-refractivity contribution is -0.134. The Morgan fingerprint density at radius 2 is 1.87 bits per heavy atom. The van der Waals surface area contributed by atoms with Gasteiger partial charge in [0.25, 0.3) is 0 Å². The molecular weight excluding hydrogens is 372 g/mol. The molecule has 4 rings (SSSR count). The van der Waals surface area contributed by atoms with Crippen molar-refractivity contribution < 1.29 is 9.59 Å². The third-order valence-corrected chi connectivity index (χ3v) is 6.69. The fraction of sp³-hybridized carbons (Fsp3) is 0.478. The summed E-state index contributed by atoms with van der Waals surface area (Å²) in [6.07, 6.45) is 3.19. The molecule has 4 radical (unpaired) electrons. The first-order valence-corrected chi connectivity index (χ1v) is 10.8. The Morgan fingerprint density at radius 1 is 1.17 bits per heavy atom. The topological polar surface area (TPSA) is 45.6 Å². The van der Waals surface area contributed by atoms with Crippen molar-refractivity contribution in [2.75, 3.05) is 26.7 Å². The van der Waals surface area contributed by atoms with Crippen LogP contribution in [0.25, 0.3) is 16.5 Å². The zero-order valence-corrected chi connectivity index (χ0v) is 18.2. The number of carbonyl (C=O) groups is 2. The molecule has 0 bridgehead atoms. The van der Waals surface area contributed by atoms with E-state index in [1.54, 1.807) is 4.57 Å². The standard InChI is InChI=1S/C23H27B2N3O2/c1-5-19(29)28-21-17(24)9-8-14-15-10-13(23(30)27(6-2)7-3)12-26(4)18(15)11-16(20(14)21)22(28)25/h8-10,13,18H,5-7,11-12H2,1-4H3/t13-,18?/m1/s1. The van der Waals surface area contributed by atoms with Crippen molar-refractivity contribution in [2.45, 2.75) is 39.7 Å². The van der Waals surface area contributed by atoms with Gasteiger partial charge in [0.05, 0.1) is 5.92 Å². The lowest BCUT2D eigenvalue weighted by atomic mass is 9.76. The number of amides is 1. The fourth-order valence-electron chi connectivity index (χ4n) is 5.10. The van der Waals surface area contributed by atoms with Gasteiger partial charge in [0.1, 0.15) is 15.7 Å². The maximum absolute atomic E-state index is 13.1. The van der Waals surface area contributed by atoms with Gasteiger partial charge < -0.3 is 4.90 Å². The number of hydrogen-bond acceptors (Lipinski definition) is 3. The highest BCUT2D eigenvalue weighted by atomic mass is 16.2. The van der Waals surface area contributed by atoms with Gasteiger partial charge in [0.15, 0.2) is 0 Å². The van der Waals surface area contributed by atoms with Crippen LogP contribution in [0.2, 0.25) is 0 Å². The molecule has 1 aliphatic heterocycles. The number of fused-ring (bicyclic) bond motifs is 2. The van der Waals surface area contributed by atoms with Crippen LogP contribution in [0.4, 0.5) is 0 Å². The van der Waals surface area contributed by atoms with Crippen LogP contribution in [0, 0.1) is 5.92 Å². The van der Waals surface area contributed by atoms with E-state index in [-0.39, 0.29) is 23.8 Å². The molecule has 1 aliphatic carbocycles. The number of rotatable bonds is 4. The number of hydrogen-bond donors (Lipinski definition) is 0. The van der Waals surface area contributed by atoms with E-state index in [1.807, 2.05) is 37.8 Å². The van der Waals surface area contributed by atoms with Gasteiger partial charge in [-0.3, -0.25) is 19.1 Å². The van der Waals surface area contributed by atoms with Gasteiger partial charge in [0, 0.05) is 43.0 Å². The van der Waals surface area contributed by atoms with E-state index < -0.39 is 0 Å². The third-order valence-electron chi connectivity index (χ3n) is 6.69. The second-order valence-corrected chi connectivity index (χ2v) is 8.27. The van der Waals surface area contributed by atoms with Crippen LogP contribution in [0.1, 0.15) is 43.1 Å². The first kappa shape index (κ1) is 21.0. The van der Waals surface area contributed by atoms with E-state index in [1.165, 1.54) is 0 Å². The van der Waals surface area contributed by atoms with Crippen molar-refractivity contribution in [1.29, 1.82) is 0 Å². The average molecular weight is 399 g/mol. The van der Waals surface area contributed by atoms with Gasteiger partial charge in [-0.25, -0.2) is 0 Å². The highest BCUT2D eigenvalue weighted by Crippen LogP contribution is 2.40. The van der Waals surface area contributed by atoms with Crippen molar-refractivity contribution in [2.24, 2.45) is 5.92 Å². The lowest BCUT2D eigenvalue weighted by Gasteiger charge is -2.40. The van der Waals surface area contributed by atoms with Gasteiger partial charge in [0.2, 0.25) is 11.8 Å². The van der Waals surface area contributed by atoms with Gasteiger partial charge in [-0.1, -0.05) is 30.6 Å². The molecular formula is C23H27B2N3O2. The molecule has 2 aliphatic rings. The van der Waals surface area contributed by atoms with Crippen molar-refractivity contribution in [3.63, 3.8) is 0 Å². The Bertz CT molecular complexity index is 1070. The van der Waals surface area contributed by atoms with Crippen LogP contribution in [0.3, 0.4) is 0 Å². The van der Waals surface area contributed by atoms with E-state index in [2.05, 4.69) is 18.0 Å². The Morgan fingerprint density at radius 3 is 2.50 bits per heavy atom. The smallest absolute Gasteiger partial charge is 0.230 e. The maximum Gasteiger partial charge on any atom is 0.230 e. The maximum atomic E-state index is 13.1. The van der Waals surface area contributed by atoms with E-state index in [0.29, 0.717) is 49.0 Å². The minimum Gasteiger partial charge on any atom is -0.343 e. The summed E-state index contributed by atoms with van der Waals surface area (Å²) in [5.74, 6) is -0.0880. The molecule has 7 heteroatoms. The van der Waals surface area contributed by atoms with Crippen LogP contribution in [-0.2, 0) is 11.2 Å². The summed E-state index contributed by atoms with van der Waals surface area (Å²) in [6, 6.07) is 3.98. The summed E-state index contributed by atoms with van der Waals surface area (Å²) in [5.41, 5.74) is 4.89. The summed E-state index contributed by atoms with van der Waals surface area (Å²) >= 11 is 0. The SMILES string of the molecule is [B]c1ccc2c3c(c([B])n(C(=O)CC)c13)CC1C2=C[C@@H](C(=O)N(CC)CC)CN1C. The normalized spacial score (nSPS) is 20.7. The molecule has 0 spiro atoms. The fourth-order valence-corrected chi connectivity index (χ4v) is 5.10. The predicted molar refractivity (Wildman–Crippen MR) is 123 cm³/mol. The molecule has 1 amide bonds. The van der Waals surface area contributed by atoms with Crippen molar-refractivity contribution >= 4 is 55.0 Å². The molecule has 0 fully saturated rings. The second kappa shape index (κ2) is 7.77. The molecule has 1 unspecified atom stereocenters. The van der Waals surface area contributed by atoms with E-state index in [9.17, 15) is 9.59 Å². The van der Waals surface area contributed by atoms with E-state index in [0.717, 1.165) is 22.1 Å². The van der Waals surface area contributed by atoms with Crippen molar-refractivity contribution in [3.8, 4) is 0 Å². The summed E-state index contributed by atoms with van der Waals surface area (Å²) in [7, 11) is 14.8. The lowest BCUT2D eigenvalue weighted by Crippen LogP contribution is -2.48. The number of benzene rings is 1. The summed E-state index contributed by atoms with van der Waals surface area (Å²) in [6.45, 7) is 7.93. The van der Waals surface area contributed by atoms with Crippen molar-refractivity contribution in [1.82, 2.24) is 14.4 Å². The highest BCUT2D eigenvalue weighted by Gasteiger charge is 2.38. The van der Waals surface area contributed by atoms with E-state index >= 15 is 0 Å². The molecule has 2 aromatic rings. The average Bonchev–Trinajstić information content (AvgIpc) is 3.04. The molecule has 0 saturated heterocycles. The number of nitrogens with zero attached hydrogens (tertiary/aromatic N) is 3. The first-order valence-electron chi connectivity index (χ1n) is 10.8. The van der Waals surface area contributed by atoms with Crippen LogP contribution < -0.4 is 11.1 Å². The monoisotopic (exact) mass is 399 g/mol. The predicted octanol–water partition coefficient (Wildman–Crippen LogP) is 1.02. The molecule has 2 atom stereocenters. The number of aromatic nitrogens is 1. The largest absolute Gasteiger partial charge is 0.343 e. The highest BCUT2D eigenvalue weighted by molar-refractivity contribution is 6.43. The minimum absolute atomic E-state index is 0.0607. The zero-order valence-electron chi connectivity index (χ0n) is 18.2. The molecule has 152 valence electrons. The van der Waals surface area contributed by atoms with Crippen LogP contribution in [-0.4, -0.2) is 74.6 Å². The molecule has 2 heterocycles. The summed E-state index contributed by atoms with van der Waals surface area (Å²) in [5, 5.41) is 0.959. The van der Waals surface area contributed by atoms with E-state index in [4.69, 9.17) is 15.7 Å². The van der Waals surface area contributed by atoms with Crippen LogP contribution in [0.5, 0.6) is 0 Å². The molecule has 0 N–H and O–H groups in total. The van der Waals surface area contributed by atoms with Crippen LogP contribution in [0.15, 0.2) is 18.2 Å². The van der Waals surface area contributed by atoms with Crippen LogP contribution >= 0.6 is 0 Å². The van der Waals surface area contributed by atoms with Crippen molar-refractivity contribution in [3.05, 3.63) is 29.3 Å². The third kappa shape index (κ3) is 2.97. The van der Waals surface area contributed by atoms with Gasteiger partial charge in [-0.2, -0.15) is 0 Å². The quantitative estimate of drug-likeness (QED) is 0.722. The molecule has 1 aromatic heterocycles. The van der Waals surface area contributed by atoms with Gasteiger partial charge in [-0.15, -0.1) is 0 Å². The Balaban J connectivity index is 1.92. The zero-order chi connectivity index (χ0) is 21.7. The Labute approximate surface area is 180 Å². The minimum atomic E-state index is -0.188. The summed E-state index contributed by atoms with van der Waals surface area (Å²) in [4.78, 5) is 29.9. The van der Waals surface area contributed by atoms with Gasteiger partial charge >= 0.3 is 0 Å². The molecule has 0 saturated carbocycles. The van der Waals surface area contributed by atoms with Gasteiger partial charge in [-0.05, 0) is 49.6 Å². The Kier molecular flexibility index (Phi) is 5.43. The molecule has 30 heavy (non-hydrogen) atoms. The number of carbonyl (C=O) groups excluding carboxylic acids is 2. The summed E-state index contributed by atoms with van der Waals surface area (Å²) < 4.78 is 1.58.